The van der Waals surface area contributed by atoms with Crippen molar-refractivity contribution in [2.75, 3.05) is 37.0 Å². The third-order valence-electron chi connectivity index (χ3n) is 11.5. The van der Waals surface area contributed by atoms with Crippen molar-refractivity contribution in [1.29, 1.82) is 0 Å². The van der Waals surface area contributed by atoms with Crippen LogP contribution in [0, 0.1) is 25.7 Å². The molecule has 2 aliphatic heterocycles. The summed E-state index contributed by atoms with van der Waals surface area (Å²) < 4.78 is 30.9. The molecule has 6 aromatic carbocycles. The van der Waals surface area contributed by atoms with Crippen molar-refractivity contribution < 1.29 is 18.0 Å². The van der Waals surface area contributed by atoms with Gasteiger partial charge in [-0.25, -0.2) is 17.0 Å². The van der Waals surface area contributed by atoms with Gasteiger partial charge in [0, 0.05) is 38.6 Å². The van der Waals surface area contributed by atoms with Gasteiger partial charge in [-0.3, -0.25) is 9.59 Å². The van der Waals surface area contributed by atoms with Gasteiger partial charge in [0.15, 0.2) is 0 Å². The van der Waals surface area contributed by atoms with E-state index >= 15 is 0 Å². The average Bonchev–Trinajstić information content (AvgIpc) is 3.85. The van der Waals surface area contributed by atoms with Gasteiger partial charge in [-0.2, -0.15) is 0 Å². The summed E-state index contributed by atoms with van der Waals surface area (Å²) in [6, 6.07) is 53.5. The molecule has 0 N–H and O–H groups in total. The Morgan fingerprint density at radius 3 is 1.08 bits per heavy atom. The zero-order valence-corrected chi connectivity index (χ0v) is 37.2. The molecule has 62 heavy (non-hydrogen) atoms. The fourth-order valence-electron chi connectivity index (χ4n) is 8.09. The first-order chi connectivity index (χ1) is 29.9. The van der Waals surface area contributed by atoms with Gasteiger partial charge in [0.05, 0.1) is 33.7 Å². The van der Waals surface area contributed by atoms with E-state index in [0.717, 1.165) is 54.6 Å². The maximum Gasteiger partial charge on any atom is 0.235 e. The molecule has 316 valence electrons. The lowest BCUT2D eigenvalue weighted by Crippen LogP contribution is -2.37. The second-order valence-electron chi connectivity index (χ2n) is 15.7. The second kappa shape index (κ2) is 19.8. The first kappa shape index (κ1) is 44.0. The molecule has 0 aliphatic carbocycles. The Morgan fingerprint density at radius 2 is 0.774 bits per heavy atom. The van der Waals surface area contributed by atoms with Gasteiger partial charge in [0.1, 0.15) is 22.0 Å². The Balaban J connectivity index is 0.000000186. The Labute approximate surface area is 371 Å². The van der Waals surface area contributed by atoms with Crippen LogP contribution >= 0.6 is 0 Å². The molecule has 0 spiro atoms. The summed E-state index contributed by atoms with van der Waals surface area (Å²) in [5, 5.41) is 0. The van der Waals surface area contributed by atoms with E-state index in [1.165, 1.54) is 0 Å². The fourth-order valence-corrected chi connectivity index (χ4v) is 10.8. The molecule has 2 heterocycles. The van der Waals surface area contributed by atoms with Crippen molar-refractivity contribution >= 4 is 45.2 Å². The molecule has 8 nitrogen and oxygen atoms in total. The van der Waals surface area contributed by atoms with Crippen LogP contribution in [0.2, 0.25) is 0 Å². The highest BCUT2D eigenvalue weighted by molar-refractivity contribution is 7.83. The first-order valence-electron chi connectivity index (χ1n) is 20.6. The molecule has 8 rings (SSSR count). The molecule has 2 saturated heterocycles. The summed E-state index contributed by atoms with van der Waals surface area (Å²) in [6.07, 6.45) is 0. The van der Waals surface area contributed by atoms with Gasteiger partial charge in [-0.1, -0.05) is 146 Å². The third-order valence-corrected chi connectivity index (χ3v) is 14.4. The molecule has 0 bridgehead atoms. The minimum atomic E-state index is -1.41. The van der Waals surface area contributed by atoms with Crippen molar-refractivity contribution in [3.63, 3.8) is 0 Å². The lowest BCUT2D eigenvalue weighted by molar-refractivity contribution is -0.122. The van der Waals surface area contributed by atoms with Crippen LogP contribution in [0.1, 0.15) is 34.3 Å². The van der Waals surface area contributed by atoms with Gasteiger partial charge < -0.3 is 9.80 Å². The van der Waals surface area contributed by atoms with Gasteiger partial charge in [0.2, 0.25) is 11.8 Å². The number of para-hydroxylation sites is 2. The zero-order valence-electron chi connectivity index (χ0n) is 35.5. The summed E-state index contributed by atoms with van der Waals surface area (Å²) in [5.41, 5.74) is 7.36. The highest BCUT2D eigenvalue weighted by Crippen LogP contribution is 2.45. The molecule has 0 aromatic heterocycles. The largest absolute Gasteiger partial charge is 0.315 e. The van der Waals surface area contributed by atoms with E-state index in [9.17, 15) is 18.0 Å². The quantitative estimate of drug-likeness (QED) is 0.129. The number of hydrogen-bond donors (Lipinski definition) is 0. The van der Waals surface area contributed by atoms with Crippen molar-refractivity contribution in [1.82, 2.24) is 8.61 Å². The third kappa shape index (κ3) is 9.54. The fraction of sp³-hybridized carbons (Fsp3) is 0.192. The van der Waals surface area contributed by atoms with E-state index in [0.29, 0.717) is 13.1 Å². The summed E-state index contributed by atoms with van der Waals surface area (Å²) in [6.45, 7) is 13.3. The molecule has 10 heteroatoms. The number of benzene rings is 6. The maximum absolute atomic E-state index is 13.6. The second-order valence-corrected chi connectivity index (χ2v) is 18.6. The topological polar surface area (TPSA) is 81.2 Å². The number of anilines is 2. The Kier molecular flexibility index (Phi) is 14.0. The monoisotopic (exact) mass is 860 g/mol. The number of nitrogens with zero attached hydrogens (tertiary/aromatic N) is 4. The van der Waals surface area contributed by atoms with E-state index in [1.54, 1.807) is 23.9 Å². The Hall–Kier alpha value is -6.04. The van der Waals surface area contributed by atoms with E-state index in [1.807, 2.05) is 192 Å². The molecule has 6 aromatic rings. The van der Waals surface area contributed by atoms with E-state index in [2.05, 4.69) is 13.2 Å². The number of carbonyl (C=O) groups excluding carboxylic acids is 2. The van der Waals surface area contributed by atoms with E-state index < -0.39 is 33.8 Å². The van der Waals surface area contributed by atoms with Crippen LogP contribution in [-0.4, -0.2) is 56.0 Å². The van der Waals surface area contributed by atoms with E-state index in [-0.39, 0.29) is 23.9 Å². The Bertz CT molecular complexity index is 2380. The lowest BCUT2D eigenvalue weighted by Gasteiger charge is -2.29. The predicted octanol–water partition coefficient (Wildman–Crippen LogP) is 9.82. The number of amides is 2. The summed E-state index contributed by atoms with van der Waals surface area (Å²) in [7, 11) is 0.746. The van der Waals surface area contributed by atoms with Crippen molar-refractivity contribution in [2.24, 2.45) is 11.8 Å². The average molecular weight is 861 g/mol. The van der Waals surface area contributed by atoms with Crippen molar-refractivity contribution in [3.8, 4) is 0 Å². The molecule has 2 amide bonds. The smallest absolute Gasteiger partial charge is 0.235 e. The maximum atomic E-state index is 13.6. The minimum absolute atomic E-state index is 0.0477. The number of rotatable bonds is 10. The van der Waals surface area contributed by atoms with Gasteiger partial charge in [-0.05, 0) is 84.7 Å². The van der Waals surface area contributed by atoms with Crippen molar-refractivity contribution in [3.05, 3.63) is 216 Å². The molecule has 6 atom stereocenters. The van der Waals surface area contributed by atoms with Crippen LogP contribution < -0.4 is 9.80 Å². The molecular formula is C52H52N4O4S2. The molecular weight excluding hydrogens is 809 g/mol. The standard InChI is InChI=1S/2C26H26N2O2S/c2*1-19-14-16-23(17-15-19)31(30)28-18-20(2)24(25(28)21-10-6-4-7-11-21)26(29)27(3)22-12-8-5-9-13-22/h2*4-17,24-25H,2,18H2,1,3H3/t2*24-,25+,31+/m11/s1. The highest BCUT2D eigenvalue weighted by Gasteiger charge is 2.47. The van der Waals surface area contributed by atoms with Gasteiger partial charge in [0.25, 0.3) is 0 Å². The van der Waals surface area contributed by atoms with Crippen LogP contribution in [0.15, 0.2) is 204 Å². The highest BCUT2D eigenvalue weighted by atomic mass is 32.2. The van der Waals surface area contributed by atoms with Gasteiger partial charge >= 0.3 is 0 Å². The molecule has 0 saturated carbocycles. The van der Waals surface area contributed by atoms with Crippen LogP contribution in [0.3, 0.4) is 0 Å². The van der Waals surface area contributed by atoms with Crippen LogP contribution in [0.25, 0.3) is 0 Å². The summed E-state index contributed by atoms with van der Waals surface area (Å²) in [5.74, 6) is -1.06. The molecule has 0 unspecified atom stereocenters. The Morgan fingerprint density at radius 1 is 0.484 bits per heavy atom. The van der Waals surface area contributed by atoms with Crippen molar-refractivity contribution in [2.45, 2.75) is 35.7 Å². The van der Waals surface area contributed by atoms with Gasteiger partial charge in [-0.15, -0.1) is 0 Å². The van der Waals surface area contributed by atoms with Crippen LogP contribution in [0.5, 0.6) is 0 Å². The number of carbonyl (C=O) groups is 2. The van der Waals surface area contributed by atoms with Crippen LogP contribution in [0.4, 0.5) is 11.4 Å². The first-order valence-corrected chi connectivity index (χ1v) is 22.8. The molecule has 2 fully saturated rings. The van der Waals surface area contributed by atoms with E-state index in [4.69, 9.17) is 0 Å². The number of hydrogen-bond acceptors (Lipinski definition) is 4. The lowest BCUT2D eigenvalue weighted by atomic mass is 9.90. The predicted molar refractivity (Wildman–Crippen MR) is 252 cm³/mol. The SMILES string of the molecule is C=C1CN([S@@](=O)c2ccc(C)cc2)[C@@H](c2ccccc2)[C@@H]1C(=O)N(C)c1ccccc1.C=C1CN([S@@](=O)c2ccc(C)cc2)[C@@H](c2ccccc2)[C@@H]1C(=O)N(C)c1ccccc1. The normalized spacial score (nSPS) is 19.9. The summed E-state index contributed by atoms with van der Waals surface area (Å²) in [4.78, 5) is 32.1. The molecule has 0 radical (unpaired) electrons. The van der Waals surface area contributed by atoms with Crippen LogP contribution in [-0.2, 0) is 31.6 Å². The number of aryl methyl sites for hydroxylation is 2. The molecule has 2 aliphatic rings. The minimum Gasteiger partial charge on any atom is -0.315 e. The zero-order chi connectivity index (χ0) is 43.9. The summed E-state index contributed by atoms with van der Waals surface area (Å²) >= 11 is 0.